The molecule has 1 aliphatic heterocycles. The van der Waals surface area contributed by atoms with Crippen molar-refractivity contribution in [2.24, 2.45) is 7.05 Å². The first-order chi connectivity index (χ1) is 11.5. The lowest BCUT2D eigenvalue weighted by Gasteiger charge is -2.27. The SMILES string of the molecule is Cc1cn2c(n1)CC[C@@H](N[C@@H](C)c1nc3cc(Cl)ccc3n1C)C2. The molecule has 1 aromatic carbocycles. The fourth-order valence-electron chi connectivity index (χ4n) is 3.73. The highest BCUT2D eigenvalue weighted by molar-refractivity contribution is 6.31. The third kappa shape index (κ3) is 2.72. The zero-order valence-electron chi connectivity index (χ0n) is 14.3. The van der Waals surface area contributed by atoms with E-state index in [1.807, 2.05) is 18.2 Å². The molecule has 126 valence electrons. The Bertz CT molecular complexity index is 894. The van der Waals surface area contributed by atoms with Crippen LogP contribution in [-0.4, -0.2) is 25.1 Å². The van der Waals surface area contributed by atoms with Crippen molar-refractivity contribution < 1.29 is 0 Å². The molecule has 4 rings (SSSR count). The van der Waals surface area contributed by atoms with Crippen LogP contribution < -0.4 is 5.32 Å². The Morgan fingerprint density at radius 3 is 3.00 bits per heavy atom. The predicted octanol–water partition coefficient (Wildman–Crippen LogP) is 3.40. The molecule has 2 aromatic heterocycles. The van der Waals surface area contributed by atoms with Crippen LogP contribution in [0.2, 0.25) is 5.02 Å². The number of nitrogens with one attached hydrogen (secondary N) is 1. The minimum absolute atomic E-state index is 0.178. The van der Waals surface area contributed by atoms with E-state index in [2.05, 4.69) is 46.5 Å². The third-order valence-electron chi connectivity index (χ3n) is 4.86. The van der Waals surface area contributed by atoms with Crippen LogP contribution in [0.15, 0.2) is 24.4 Å². The monoisotopic (exact) mass is 343 g/mol. The number of nitrogens with zero attached hydrogens (tertiary/aromatic N) is 4. The molecule has 6 heteroatoms. The Balaban J connectivity index is 1.54. The lowest BCUT2D eigenvalue weighted by atomic mass is 10.1. The van der Waals surface area contributed by atoms with Crippen LogP contribution in [0.4, 0.5) is 0 Å². The molecule has 0 saturated carbocycles. The van der Waals surface area contributed by atoms with E-state index >= 15 is 0 Å². The fraction of sp³-hybridized carbons (Fsp3) is 0.444. The Kier molecular flexibility index (Phi) is 3.85. The van der Waals surface area contributed by atoms with Gasteiger partial charge in [0.25, 0.3) is 0 Å². The van der Waals surface area contributed by atoms with Gasteiger partial charge in [-0.2, -0.15) is 0 Å². The quantitative estimate of drug-likeness (QED) is 0.793. The van der Waals surface area contributed by atoms with E-state index in [0.717, 1.165) is 47.0 Å². The van der Waals surface area contributed by atoms with E-state index in [9.17, 15) is 0 Å². The summed E-state index contributed by atoms with van der Waals surface area (Å²) in [5.74, 6) is 2.25. The van der Waals surface area contributed by atoms with Gasteiger partial charge in [0.15, 0.2) is 0 Å². The molecule has 0 saturated heterocycles. The summed E-state index contributed by atoms with van der Waals surface area (Å²) in [6.07, 6.45) is 4.28. The summed E-state index contributed by atoms with van der Waals surface area (Å²) in [7, 11) is 2.06. The zero-order chi connectivity index (χ0) is 16.8. The minimum atomic E-state index is 0.178. The normalized spacial score (nSPS) is 18.8. The number of halogens is 1. The highest BCUT2D eigenvalue weighted by Crippen LogP contribution is 2.24. The standard InChI is InChI=1S/C18H22ClN5/c1-11-9-24-10-14(5-7-17(24)20-11)21-12(2)18-22-15-8-13(19)4-6-16(15)23(18)3/h4,6,8-9,12,14,21H,5,7,10H2,1-3H3/t12-,14+/m0/s1. The van der Waals surface area contributed by atoms with Crippen molar-refractivity contribution in [3.05, 3.63) is 46.8 Å². The van der Waals surface area contributed by atoms with Crippen LogP contribution in [0.3, 0.4) is 0 Å². The summed E-state index contributed by atoms with van der Waals surface area (Å²) >= 11 is 6.09. The van der Waals surface area contributed by atoms with Crippen molar-refractivity contribution in [1.29, 1.82) is 0 Å². The number of fused-ring (bicyclic) bond motifs is 2. The molecular weight excluding hydrogens is 322 g/mol. The number of aromatic nitrogens is 4. The highest BCUT2D eigenvalue weighted by atomic mass is 35.5. The molecule has 3 heterocycles. The molecule has 1 N–H and O–H groups in total. The number of hydrogen-bond acceptors (Lipinski definition) is 3. The summed E-state index contributed by atoms with van der Waals surface area (Å²) in [6, 6.07) is 6.48. The first-order valence-electron chi connectivity index (χ1n) is 8.42. The van der Waals surface area contributed by atoms with Gasteiger partial charge in [0.1, 0.15) is 11.6 Å². The first-order valence-corrected chi connectivity index (χ1v) is 8.79. The molecule has 0 fully saturated rings. The largest absolute Gasteiger partial charge is 0.333 e. The van der Waals surface area contributed by atoms with E-state index in [0.29, 0.717) is 6.04 Å². The maximum atomic E-state index is 6.09. The average molecular weight is 344 g/mol. The molecule has 0 spiro atoms. The molecule has 0 aliphatic carbocycles. The molecule has 0 amide bonds. The van der Waals surface area contributed by atoms with Crippen LogP contribution in [0, 0.1) is 6.92 Å². The van der Waals surface area contributed by atoms with E-state index < -0.39 is 0 Å². The lowest BCUT2D eigenvalue weighted by molar-refractivity contribution is 0.344. The Morgan fingerprint density at radius 1 is 1.33 bits per heavy atom. The fourth-order valence-corrected chi connectivity index (χ4v) is 3.90. The van der Waals surface area contributed by atoms with Crippen LogP contribution in [0.5, 0.6) is 0 Å². The average Bonchev–Trinajstić information content (AvgIpc) is 3.06. The topological polar surface area (TPSA) is 47.7 Å². The van der Waals surface area contributed by atoms with Crippen molar-refractivity contribution in [3.63, 3.8) is 0 Å². The Hall–Kier alpha value is -1.85. The van der Waals surface area contributed by atoms with Crippen molar-refractivity contribution in [2.45, 2.75) is 45.3 Å². The Labute approximate surface area is 146 Å². The Morgan fingerprint density at radius 2 is 2.17 bits per heavy atom. The number of hydrogen-bond donors (Lipinski definition) is 1. The summed E-state index contributed by atoms with van der Waals surface area (Å²) < 4.78 is 4.43. The molecule has 5 nitrogen and oxygen atoms in total. The number of aryl methyl sites for hydroxylation is 3. The van der Waals surface area contributed by atoms with Crippen molar-refractivity contribution in [3.8, 4) is 0 Å². The van der Waals surface area contributed by atoms with Gasteiger partial charge in [-0.05, 0) is 38.5 Å². The summed E-state index contributed by atoms with van der Waals surface area (Å²) in [4.78, 5) is 9.36. The predicted molar refractivity (Wildman–Crippen MR) is 96.3 cm³/mol. The highest BCUT2D eigenvalue weighted by Gasteiger charge is 2.23. The van der Waals surface area contributed by atoms with Gasteiger partial charge in [0.05, 0.1) is 22.8 Å². The second kappa shape index (κ2) is 5.90. The van der Waals surface area contributed by atoms with Gasteiger partial charge in [0, 0.05) is 37.3 Å². The summed E-state index contributed by atoms with van der Waals surface area (Å²) in [6.45, 7) is 5.20. The second-order valence-electron chi connectivity index (χ2n) is 6.74. The smallest absolute Gasteiger partial charge is 0.126 e. The molecule has 0 bridgehead atoms. The number of rotatable bonds is 3. The zero-order valence-corrected chi connectivity index (χ0v) is 15.0. The van der Waals surface area contributed by atoms with Crippen LogP contribution >= 0.6 is 11.6 Å². The number of imidazole rings is 2. The van der Waals surface area contributed by atoms with Crippen molar-refractivity contribution in [2.75, 3.05) is 0 Å². The maximum absolute atomic E-state index is 6.09. The molecule has 2 atom stereocenters. The van der Waals surface area contributed by atoms with Gasteiger partial charge in [-0.15, -0.1) is 0 Å². The lowest BCUT2D eigenvalue weighted by Crippen LogP contribution is -2.39. The molecular formula is C18H22ClN5. The second-order valence-corrected chi connectivity index (χ2v) is 7.17. The molecule has 3 aromatic rings. The molecule has 0 unspecified atom stereocenters. The van der Waals surface area contributed by atoms with Gasteiger partial charge in [-0.1, -0.05) is 11.6 Å². The maximum Gasteiger partial charge on any atom is 0.126 e. The van der Waals surface area contributed by atoms with Crippen molar-refractivity contribution in [1.82, 2.24) is 24.4 Å². The molecule has 24 heavy (non-hydrogen) atoms. The number of benzene rings is 1. The van der Waals surface area contributed by atoms with E-state index in [1.54, 1.807) is 0 Å². The summed E-state index contributed by atoms with van der Waals surface area (Å²) in [5.41, 5.74) is 3.16. The van der Waals surface area contributed by atoms with Crippen LogP contribution in [0.1, 0.15) is 36.7 Å². The summed E-state index contributed by atoms with van der Waals surface area (Å²) in [5, 5.41) is 4.46. The van der Waals surface area contributed by atoms with Gasteiger partial charge >= 0.3 is 0 Å². The van der Waals surface area contributed by atoms with Crippen LogP contribution in [-0.2, 0) is 20.0 Å². The minimum Gasteiger partial charge on any atom is -0.333 e. The first kappa shape index (κ1) is 15.7. The van der Waals surface area contributed by atoms with E-state index in [1.165, 1.54) is 5.82 Å². The van der Waals surface area contributed by atoms with Gasteiger partial charge in [-0.25, -0.2) is 9.97 Å². The molecule has 1 aliphatic rings. The van der Waals surface area contributed by atoms with Crippen LogP contribution in [0.25, 0.3) is 11.0 Å². The third-order valence-corrected chi connectivity index (χ3v) is 5.10. The molecule has 0 radical (unpaired) electrons. The van der Waals surface area contributed by atoms with Gasteiger partial charge < -0.3 is 14.5 Å². The van der Waals surface area contributed by atoms with E-state index in [-0.39, 0.29) is 6.04 Å². The van der Waals surface area contributed by atoms with E-state index in [4.69, 9.17) is 16.6 Å². The van der Waals surface area contributed by atoms with Crippen molar-refractivity contribution >= 4 is 22.6 Å². The van der Waals surface area contributed by atoms with Gasteiger partial charge in [-0.3, -0.25) is 0 Å². The van der Waals surface area contributed by atoms with Gasteiger partial charge in [0.2, 0.25) is 0 Å².